The van der Waals surface area contributed by atoms with Crippen molar-refractivity contribution in [2.45, 2.75) is 27.0 Å². The van der Waals surface area contributed by atoms with E-state index in [0.29, 0.717) is 39.7 Å². The molecule has 3 rings (SSSR count). The molecule has 0 aliphatic rings. The van der Waals surface area contributed by atoms with E-state index in [1.54, 1.807) is 12.1 Å². The maximum absolute atomic E-state index is 6.53. The van der Waals surface area contributed by atoms with Crippen molar-refractivity contribution in [1.29, 1.82) is 0 Å². The van der Waals surface area contributed by atoms with E-state index < -0.39 is 0 Å². The summed E-state index contributed by atoms with van der Waals surface area (Å²) in [4.78, 5) is 0. The topological polar surface area (TPSA) is 30.5 Å². The number of halogens is 3. The summed E-state index contributed by atoms with van der Waals surface area (Å²) in [5.74, 6) is 1.10. The van der Waals surface area contributed by atoms with Crippen molar-refractivity contribution < 1.29 is 9.47 Å². The predicted molar refractivity (Wildman–Crippen MR) is 122 cm³/mol. The van der Waals surface area contributed by atoms with Gasteiger partial charge in [0.1, 0.15) is 6.61 Å². The van der Waals surface area contributed by atoms with Crippen molar-refractivity contribution in [3.63, 3.8) is 0 Å². The lowest BCUT2D eigenvalue weighted by Crippen LogP contribution is -2.04. The first kappa shape index (κ1) is 21.6. The predicted octanol–water partition coefficient (Wildman–Crippen LogP) is 7.55. The standard InChI is InChI=1S/C23H22Cl3NO2/c1-3-28-22-11-16(13-27-21-7-5-4-6-15(21)2)10-20(26)23(22)29-14-17-8-9-18(24)12-19(17)25/h4-12,27H,3,13-14H2,1-2H3. The molecule has 0 aliphatic heterocycles. The molecule has 3 nitrogen and oxygen atoms in total. The molecule has 0 spiro atoms. The minimum absolute atomic E-state index is 0.261. The molecule has 0 saturated carbocycles. The van der Waals surface area contributed by atoms with Crippen LogP contribution in [0, 0.1) is 6.92 Å². The Morgan fingerprint density at radius 3 is 2.41 bits per heavy atom. The van der Waals surface area contributed by atoms with Gasteiger partial charge in [0.25, 0.3) is 0 Å². The third-order valence-corrected chi connectivity index (χ3v) is 5.25. The molecule has 0 atom stereocenters. The van der Waals surface area contributed by atoms with E-state index in [9.17, 15) is 0 Å². The Bertz CT molecular complexity index is 992. The Labute approximate surface area is 186 Å². The van der Waals surface area contributed by atoms with Crippen molar-refractivity contribution in [3.8, 4) is 11.5 Å². The van der Waals surface area contributed by atoms with Crippen LogP contribution in [0.1, 0.15) is 23.6 Å². The first-order valence-electron chi connectivity index (χ1n) is 9.29. The van der Waals surface area contributed by atoms with Crippen LogP contribution in [0.3, 0.4) is 0 Å². The monoisotopic (exact) mass is 449 g/mol. The average Bonchev–Trinajstić information content (AvgIpc) is 2.68. The number of hydrogen-bond acceptors (Lipinski definition) is 3. The minimum Gasteiger partial charge on any atom is -0.490 e. The van der Waals surface area contributed by atoms with Gasteiger partial charge < -0.3 is 14.8 Å². The Balaban J connectivity index is 1.77. The van der Waals surface area contributed by atoms with E-state index in [-0.39, 0.29) is 6.61 Å². The number of ether oxygens (including phenoxy) is 2. The van der Waals surface area contributed by atoms with Crippen LogP contribution in [0.5, 0.6) is 11.5 Å². The van der Waals surface area contributed by atoms with E-state index in [0.717, 1.165) is 16.8 Å². The van der Waals surface area contributed by atoms with Crippen LogP contribution in [0.4, 0.5) is 5.69 Å². The van der Waals surface area contributed by atoms with Gasteiger partial charge in [-0.25, -0.2) is 0 Å². The van der Waals surface area contributed by atoms with Crippen molar-refractivity contribution in [2.24, 2.45) is 0 Å². The largest absolute Gasteiger partial charge is 0.490 e. The first-order chi connectivity index (χ1) is 14.0. The maximum Gasteiger partial charge on any atom is 0.180 e. The molecule has 0 heterocycles. The molecule has 0 radical (unpaired) electrons. The first-order valence-corrected chi connectivity index (χ1v) is 10.4. The Hall–Kier alpha value is -2.07. The summed E-state index contributed by atoms with van der Waals surface area (Å²) in [5, 5.41) is 5.05. The number of nitrogens with one attached hydrogen (secondary N) is 1. The summed E-state index contributed by atoms with van der Waals surface area (Å²) < 4.78 is 11.7. The van der Waals surface area contributed by atoms with Crippen LogP contribution in [-0.4, -0.2) is 6.61 Å². The van der Waals surface area contributed by atoms with E-state index in [1.165, 1.54) is 5.56 Å². The highest BCUT2D eigenvalue weighted by atomic mass is 35.5. The molecule has 0 bridgehead atoms. The highest BCUT2D eigenvalue weighted by molar-refractivity contribution is 6.35. The summed E-state index contributed by atoms with van der Waals surface area (Å²) in [6.07, 6.45) is 0. The van der Waals surface area contributed by atoms with Crippen LogP contribution in [0.15, 0.2) is 54.6 Å². The number of anilines is 1. The molecule has 1 N–H and O–H groups in total. The molecular formula is C23H22Cl3NO2. The molecule has 152 valence electrons. The Kier molecular flexibility index (Phi) is 7.54. The molecular weight excluding hydrogens is 429 g/mol. The number of hydrogen-bond donors (Lipinski definition) is 1. The van der Waals surface area contributed by atoms with Crippen LogP contribution in [0.2, 0.25) is 15.1 Å². The quantitative estimate of drug-likeness (QED) is 0.384. The molecule has 3 aromatic carbocycles. The van der Waals surface area contributed by atoms with Crippen molar-refractivity contribution >= 4 is 40.5 Å². The smallest absolute Gasteiger partial charge is 0.180 e. The van der Waals surface area contributed by atoms with Gasteiger partial charge >= 0.3 is 0 Å². The van der Waals surface area contributed by atoms with Crippen molar-refractivity contribution in [1.82, 2.24) is 0 Å². The fourth-order valence-corrected chi connectivity index (χ4v) is 3.63. The van der Waals surface area contributed by atoms with E-state index in [4.69, 9.17) is 44.3 Å². The molecule has 0 aliphatic carbocycles. The lowest BCUT2D eigenvalue weighted by molar-refractivity contribution is 0.269. The molecule has 6 heteroatoms. The molecule has 0 saturated heterocycles. The summed E-state index contributed by atoms with van der Waals surface area (Å²) in [5.41, 5.74) is 4.08. The van der Waals surface area contributed by atoms with E-state index in [2.05, 4.69) is 18.3 Å². The van der Waals surface area contributed by atoms with E-state index >= 15 is 0 Å². The number of rotatable bonds is 8. The Morgan fingerprint density at radius 2 is 1.69 bits per heavy atom. The summed E-state index contributed by atoms with van der Waals surface area (Å²) >= 11 is 18.7. The summed E-state index contributed by atoms with van der Waals surface area (Å²) in [7, 11) is 0. The van der Waals surface area contributed by atoms with Gasteiger partial charge in [-0.2, -0.15) is 0 Å². The molecule has 29 heavy (non-hydrogen) atoms. The van der Waals surface area contributed by atoms with Gasteiger partial charge in [0.15, 0.2) is 11.5 Å². The lowest BCUT2D eigenvalue weighted by atomic mass is 10.1. The van der Waals surface area contributed by atoms with E-state index in [1.807, 2.05) is 43.3 Å². The van der Waals surface area contributed by atoms with Gasteiger partial charge in [0.05, 0.1) is 11.6 Å². The van der Waals surface area contributed by atoms with Crippen LogP contribution in [0.25, 0.3) is 0 Å². The SMILES string of the molecule is CCOc1cc(CNc2ccccc2C)cc(Cl)c1OCc1ccc(Cl)cc1Cl. The number of aryl methyl sites for hydroxylation is 1. The lowest BCUT2D eigenvalue weighted by Gasteiger charge is -2.17. The molecule has 0 amide bonds. The third-order valence-electron chi connectivity index (χ3n) is 4.38. The normalized spacial score (nSPS) is 10.7. The summed E-state index contributed by atoms with van der Waals surface area (Å²) in [6.45, 7) is 5.37. The van der Waals surface area contributed by atoms with Crippen molar-refractivity contribution in [3.05, 3.63) is 86.4 Å². The summed E-state index contributed by atoms with van der Waals surface area (Å²) in [6, 6.07) is 17.3. The van der Waals surface area contributed by atoms with Gasteiger partial charge in [-0.15, -0.1) is 0 Å². The van der Waals surface area contributed by atoms with Crippen LogP contribution in [-0.2, 0) is 13.2 Å². The molecule has 0 fully saturated rings. The van der Waals surface area contributed by atoms with Crippen LogP contribution >= 0.6 is 34.8 Å². The maximum atomic E-state index is 6.53. The third kappa shape index (κ3) is 5.72. The Morgan fingerprint density at radius 1 is 0.897 bits per heavy atom. The molecule has 3 aromatic rings. The minimum atomic E-state index is 0.261. The highest BCUT2D eigenvalue weighted by Gasteiger charge is 2.14. The van der Waals surface area contributed by atoms with Crippen molar-refractivity contribution in [2.75, 3.05) is 11.9 Å². The van der Waals surface area contributed by atoms with Gasteiger partial charge in [0, 0.05) is 27.8 Å². The molecule has 0 aromatic heterocycles. The number of benzene rings is 3. The fraction of sp³-hybridized carbons (Fsp3) is 0.217. The van der Waals surface area contributed by atoms with Crippen LogP contribution < -0.4 is 14.8 Å². The second-order valence-electron chi connectivity index (χ2n) is 6.53. The average molecular weight is 451 g/mol. The van der Waals surface area contributed by atoms with Gasteiger partial charge in [-0.1, -0.05) is 59.1 Å². The van der Waals surface area contributed by atoms with Gasteiger partial charge in [-0.05, 0) is 55.3 Å². The number of para-hydroxylation sites is 1. The van der Waals surface area contributed by atoms with Gasteiger partial charge in [0.2, 0.25) is 0 Å². The zero-order chi connectivity index (χ0) is 20.8. The van der Waals surface area contributed by atoms with Gasteiger partial charge in [-0.3, -0.25) is 0 Å². The highest BCUT2D eigenvalue weighted by Crippen LogP contribution is 2.38. The zero-order valence-corrected chi connectivity index (χ0v) is 18.5. The zero-order valence-electron chi connectivity index (χ0n) is 16.3. The second-order valence-corrected chi connectivity index (χ2v) is 7.78. The second kappa shape index (κ2) is 10.1. The fourth-order valence-electron chi connectivity index (χ4n) is 2.88. The molecule has 0 unspecified atom stereocenters.